The second-order valence-corrected chi connectivity index (χ2v) is 9.86. The van der Waals surface area contributed by atoms with E-state index in [0.29, 0.717) is 12.5 Å². The normalized spacial score (nSPS) is 13.7. The van der Waals surface area contributed by atoms with Crippen LogP contribution < -0.4 is 10.2 Å². The number of furan rings is 1. The maximum absolute atomic E-state index is 5.65. The van der Waals surface area contributed by atoms with Crippen molar-refractivity contribution in [3.63, 3.8) is 0 Å². The summed E-state index contributed by atoms with van der Waals surface area (Å²) in [6.45, 7) is 2.54. The number of aromatic nitrogens is 4. The van der Waals surface area contributed by atoms with Gasteiger partial charge in [-0.3, -0.25) is 4.57 Å². The van der Waals surface area contributed by atoms with Gasteiger partial charge in [-0.25, -0.2) is 4.98 Å². The standard InChI is InChI=1S/C28H28N6O3S/c1-2-4-21(5-3-1)16-30-24(15-25-18-35-20-37-25)8-11-33(17-22-6-7-26-23(14-22)9-13-36-26)28-31-27(32-38-28)34-12-10-29-19-34/h1-7,9-10,12-14,18-19,24,30H,8,11,15-17,20H2. The highest BCUT2D eigenvalue weighted by Crippen LogP contribution is 2.25. The highest BCUT2D eigenvalue weighted by Gasteiger charge is 2.20. The molecule has 9 nitrogen and oxygen atoms in total. The van der Waals surface area contributed by atoms with Crippen LogP contribution in [-0.4, -0.2) is 38.3 Å². The van der Waals surface area contributed by atoms with Crippen LogP contribution in [0.3, 0.4) is 0 Å². The van der Waals surface area contributed by atoms with E-state index in [1.54, 1.807) is 25.0 Å². The summed E-state index contributed by atoms with van der Waals surface area (Å²) in [5, 5.41) is 5.67. The first kappa shape index (κ1) is 24.2. The molecule has 1 aliphatic heterocycles. The molecule has 6 rings (SSSR count). The third-order valence-electron chi connectivity index (χ3n) is 6.46. The lowest BCUT2D eigenvalue weighted by molar-refractivity contribution is 0.0762. The summed E-state index contributed by atoms with van der Waals surface area (Å²) in [7, 11) is 0. The van der Waals surface area contributed by atoms with Crippen molar-refractivity contribution in [3.05, 3.63) is 103 Å². The van der Waals surface area contributed by atoms with Gasteiger partial charge < -0.3 is 24.1 Å². The number of rotatable bonds is 12. The van der Waals surface area contributed by atoms with Crippen molar-refractivity contribution < 1.29 is 13.9 Å². The molecular weight excluding hydrogens is 500 g/mol. The quantitative estimate of drug-likeness (QED) is 0.235. The predicted molar refractivity (Wildman–Crippen MR) is 146 cm³/mol. The number of anilines is 1. The van der Waals surface area contributed by atoms with Gasteiger partial charge >= 0.3 is 0 Å². The van der Waals surface area contributed by atoms with Crippen LogP contribution in [-0.2, 0) is 22.6 Å². The molecule has 4 heterocycles. The van der Waals surface area contributed by atoms with Crippen molar-refractivity contribution in [3.8, 4) is 5.95 Å². The van der Waals surface area contributed by atoms with E-state index in [0.717, 1.165) is 47.8 Å². The molecule has 1 N–H and O–H groups in total. The van der Waals surface area contributed by atoms with E-state index in [1.165, 1.54) is 22.7 Å². The van der Waals surface area contributed by atoms with Crippen molar-refractivity contribution in [2.75, 3.05) is 18.2 Å². The number of fused-ring (bicyclic) bond motifs is 1. The van der Waals surface area contributed by atoms with Crippen LogP contribution in [0.2, 0.25) is 0 Å². The minimum absolute atomic E-state index is 0.183. The summed E-state index contributed by atoms with van der Waals surface area (Å²) < 4.78 is 22.9. The third-order valence-corrected chi connectivity index (χ3v) is 7.23. The summed E-state index contributed by atoms with van der Waals surface area (Å²) in [6.07, 6.45) is 10.4. The van der Waals surface area contributed by atoms with Crippen LogP contribution in [0.1, 0.15) is 24.0 Å². The zero-order valence-electron chi connectivity index (χ0n) is 20.8. The highest BCUT2D eigenvalue weighted by molar-refractivity contribution is 7.09. The van der Waals surface area contributed by atoms with Crippen LogP contribution in [0.4, 0.5) is 5.13 Å². The van der Waals surface area contributed by atoms with E-state index in [4.69, 9.17) is 18.9 Å². The van der Waals surface area contributed by atoms with Crippen molar-refractivity contribution in [1.29, 1.82) is 0 Å². The predicted octanol–water partition coefficient (Wildman–Crippen LogP) is 5.26. The SMILES string of the molecule is C1=C(CC(CCN(Cc2ccc3occc3c2)c2nc(-n3ccnc3)ns2)NCc2ccccc2)OCO1. The average molecular weight is 529 g/mol. The van der Waals surface area contributed by atoms with Gasteiger partial charge in [-0.15, -0.1) is 0 Å². The fourth-order valence-corrected chi connectivity index (χ4v) is 5.15. The first-order valence-corrected chi connectivity index (χ1v) is 13.3. The molecule has 2 aromatic carbocycles. The van der Waals surface area contributed by atoms with Gasteiger partial charge in [0.25, 0.3) is 0 Å². The maximum Gasteiger partial charge on any atom is 0.248 e. The molecule has 0 fully saturated rings. The molecule has 0 spiro atoms. The minimum Gasteiger partial charge on any atom is -0.464 e. The monoisotopic (exact) mass is 528 g/mol. The van der Waals surface area contributed by atoms with Gasteiger partial charge in [0.15, 0.2) is 0 Å². The molecule has 1 atom stereocenters. The van der Waals surface area contributed by atoms with Crippen LogP contribution in [0.5, 0.6) is 0 Å². The topological polar surface area (TPSA) is 90.5 Å². The molecule has 194 valence electrons. The Balaban J connectivity index is 1.21. The molecule has 0 saturated carbocycles. The molecule has 38 heavy (non-hydrogen) atoms. The van der Waals surface area contributed by atoms with Gasteiger partial charge in [0.05, 0.1) is 6.26 Å². The Morgan fingerprint density at radius 2 is 2.05 bits per heavy atom. The molecule has 0 aliphatic carbocycles. The Kier molecular flexibility index (Phi) is 7.32. The number of ether oxygens (including phenoxy) is 2. The number of hydrogen-bond acceptors (Lipinski definition) is 9. The van der Waals surface area contributed by atoms with Crippen LogP contribution in [0, 0.1) is 0 Å². The van der Waals surface area contributed by atoms with Crippen molar-refractivity contribution in [2.24, 2.45) is 0 Å². The Morgan fingerprint density at radius 3 is 2.89 bits per heavy atom. The molecule has 0 radical (unpaired) electrons. The zero-order valence-corrected chi connectivity index (χ0v) is 21.6. The molecule has 10 heteroatoms. The van der Waals surface area contributed by atoms with Gasteiger partial charge in [0.2, 0.25) is 17.9 Å². The Labute approximate surface area is 224 Å². The van der Waals surface area contributed by atoms with Crippen LogP contribution >= 0.6 is 11.5 Å². The van der Waals surface area contributed by atoms with Crippen molar-refractivity contribution >= 4 is 27.6 Å². The molecule has 0 bridgehead atoms. The Bertz CT molecular complexity index is 1480. The third kappa shape index (κ3) is 5.87. The number of benzene rings is 2. The highest BCUT2D eigenvalue weighted by atomic mass is 32.1. The lowest BCUT2D eigenvalue weighted by atomic mass is 10.1. The minimum atomic E-state index is 0.183. The van der Waals surface area contributed by atoms with Gasteiger partial charge in [-0.1, -0.05) is 36.4 Å². The molecule has 1 unspecified atom stereocenters. The van der Waals surface area contributed by atoms with E-state index in [2.05, 4.69) is 56.0 Å². The van der Waals surface area contributed by atoms with Crippen molar-refractivity contribution in [1.82, 2.24) is 24.2 Å². The van der Waals surface area contributed by atoms with Crippen molar-refractivity contribution in [2.45, 2.75) is 32.0 Å². The number of nitrogens with zero attached hydrogens (tertiary/aromatic N) is 5. The van der Waals surface area contributed by atoms with Crippen LogP contribution in [0.25, 0.3) is 16.9 Å². The van der Waals surface area contributed by atoms with E-state index in [9.17, 15) is 0 Å². The number of nitrogens with one attached hydrogen (secondary N) is 1. The van der Waals surface area contributed by atoms with E-state index < -0.39 is 0 Å². The number of hydrogen-bond donors (Lipinski definition) is 1. The summed E-state index contributed by atoms with van der Waals surface area (Å²) in [6, 6.07) is 18.9. The molecule has 0 saturated heterocycles. The lowest BCUT2D eigenvalue weighted by Gasteiger charge is -2.25. The fourth-order valence-electron chi connectivity index (χ4n) is 4.46. The molecule has 3 aromatic heterocycles. The fraction of sp³-hybridized carbons (Fsp3) is 0.250. The second kappa shape index (κ2) is 11.5. The molecule has 0 amide bonds. The summed E-state index contributed by atoms with van der Waals surface area (Å²) >= 11 is 1.40. The van der Waals surface area contributed by atoms with Gasteiger partial charge in [0, 0.05) is 61.4 Å². The smallest absolute Gasteiger partial charge is 0.248 e. The van der Waals surface area contributed by atoms with E-state index in [-0.39, 0.29) is 12.8 Å². The second-order valence-electron chi connectivity index (χ2n) is 9.13. The molecule has 5 aromatic rings. The summed E-state index contributed by atoms with van der Waals surface area (Å²) in [4.78, 5) is 11.3. The Morgan fingerprint density at radius 1 is 1.11 bits per heavy atom. The first-order chi connectivity index (χ1) is 18.8. The summed E-state index contributed by atoms with van der Waals surface area (Å²) in [5.74, 6) is 1.49. The zero-order chi connectivity index (χ0) is 25.6. The maximum atomic E-state index is 5.65. The van der Waals surface area contributed by atoms with E-state index in [1.807, 2.05) is 29.0 Å². The largest absolute Gasteiger partial charge is 0.464 e. The first-order valence-electron chi connectivity index (χ1n) is 12.5. The Hall–Kier alpha value is -4.15. The van der Waals surface area contributed by atoms with Gasteiger partial charge in [0.1, 0.15) is 23.9 Å². The van der Waals surface area contributed by atoms with Crippen LogP contribution in [0.15, 0.2) is 96.0 Å². The average Bonchev–Trinajstić information content (AvgIpc) is 3.76. The van der Waals surface area contributed by atoms with Gasteiger partial charge in [-0.2, -0.15) is 9.36 Å². The number of imidazole rings is 1. The summed E-state index contributed by atoms with van der Waals surface area (Å²) in [5.41, 5.74) is 3.31. The molecular formula is C28H28N6O3S. The van der Waals surface area contributed by atoms with E-state index >= 15 is 0 Å². The van der Waals surface area contributed by atoms with Gasteiger partial charge in [-0.05, 0) is 35.7 Å². The lowest BCUT2D eigenvalue weighted by Crippen LogP contribution is -2.34. The molecule has 1 aliphatic rings.